The number of nitrogens with one attached hydrogen (secondary N) is 2. The minimum atomic E-state index is 0.436. The number of hydrogen-bond donors (Lipinski definition) is 2. The molecule has 0 aromatic rings. The van der Waals surface area contributed by atoms with E-state index in [0.29, 0.717) is 22.9 Å². The van der Waals surface area contributed by atoms with Crippen molar-refractivity contribution in [2.75, 3.05) is 13.1 Å². The van der Waals surface area contributed by atoms with Gasteiger partial charge >= 0.3 is 0 Å². The molecule has 0 aliphatic carbocycles. The van der Waals surface area contributed by atoms with Gasteiger partial charge in [-0.1, -0.05) is 24.7 Å². The second-order valence-corrected chi connectivity index (χ2v) is 4.84. The van der Waals surface area contributed by atoms with Crippen LogP contribution in [0.3, 0.4) is 0 Å². The number of amidine groups is 1. The summed E-state index contributed by atoms with van der Waals surface area (Å²) in [7, 11) is 0. The van der Waals surface area contributed by atoms with Gasteiger partial charge in [0.1, 0.15) is 28.3 Å². The first-order valence-electron chi connectivity index (χ1n) is 6.41. The lowest BCUT2D eigenvalue weighted by atomic mass is 10.2. The largest absolute Gasteiger partial charge is 0.372 e. The highest BCUT2D eigenvalue weighted by Crippen LogP contribution is 2.22. The molecule has 19 heavy (non-hydrogen) atoms. The van der Waals surface area contributed by atoms with Crippen LogP contribution in [0.2, 0.25) is 0 Å². The van der Waals surface area contributed by atoms with E-state index in [1.54, 1.807) is 6.08 Å². The van der Waals surface area contributed by atoms with Crippen molar-refractivity contribution >= 4 is 23.0 Å². The highest BCUT2D eigenvalue weighted by molar-refractivity contribution is 7.80. The molecular weight excluding hydrogens is 258 g/mol. The van der Waals surface area contributed by atoms with Gasteiger partial charge < -0.3 is 10.2 Å². The normalized spacial score (nSPS) is 20.4. The molecule has 6 heteroatoms. The molecule has 0 aromatic carbocycles. The average Bonchev–Trinajstić information content (AvgIpc) is 2.67. The van der Waals surface area contributed by atoms with Crippen molar-refractivity contribution in [1.29, 1.82) is 5.26 Å². The molecule has 0 bridgehead atoms. The van der Waals surface area contributed by atoms with Crippen LogP contribution in [0.15, 0.2) is 29.2 Å². The van der Waals surface area contributed by atoms with Crippen LogP contribution in [0.4, 0.5) is 0 Å². The average molecular weight is 275 g/mol. The van der Waals surface area contributed by atoms with Gasteiger partial charge in [0.25, 0.3) is 0 Å². The Morgan fingerprint density at radius 2 is 2.42 bits per heavy atom. The molecule has 5 nitrogen and oxygen atoms in total. The van der Waals surface area contributed by atoms with Crippen LogP contribution in [0.1, 0.15) is 25.7 Å². The van der Waals surface area contributed by atoms with Gasteiger partial charge in [-0.05, 0) is 12.8 Å². The molecule has 100 valence electrons. The zero-order valence-corrected chi connectivity index (χ0v) is 11.6. The maximum atomic E-state index is 9.34. The van der Waals surface area contributed by atoms with Crippen molar-refractivity contribution in [3.63, 3.8) is 0 Å². The zero-order chi connectivity index (χ0) is 13.7. The summed E-state index contributed by atoms with van der Waals surface area (Å²) in [4.78, 5) is 2.51. The Morgan fingerprint density at radius 1 is 1.58 bits per heavy atom. The van der Waals surface area contributed by atoms with Crippen LogP contribution in [0, 0.1) is 11.3 Å². The Hall–Kier alpha value is -1.87. The Labute approximate surface area is 118 Å². The number of thiocarbonyl (C=S) groups is 1. The molecule has 0 aromatic heterocycles. The van der Waals surface area contributed by atoms with Crippen LogP contribution in [0.5, 0.6) is 0 Å². The van der Waals surface area contributed by atoms with Crippen molar-refractivity contribution < 1.29 is 0 Å². The second kappa shape index (κ2) is 6.34. The van der Waals surface area contributed by atoms with E-state index < -0.39 is 0 Å². The van der Waals surface area contributed by atoms with Crippen LogP contribution < -0.4 is 10.7 Å². The quantitative estimate of drug-likeness (QED) is 0.355. The van der Waals surface area contributed by atoms with Gasteiger partial charge in [0.15, 0.2) is 0 Å². The number of nitriles is 1. The van der Waals surface area contributed by atoms with Crippen LogP contribution in [0.25, 0.3) is 0 Å². The molecule has 1 saturated heterocycles. The van der Waals surface area contributed by atoms with E-state index in [1.165, 1.54) is 6.42 Å². The molecular formula is C13H17N5S. The number of hydrogen-bond acceptors (Lipinski definition) is 5. The first kappa shape index (κ1) is 13.6. The van der Waals surface area contributed by atoms with E-state index in [4.69, 9.17) is 12.2 Å². The van der Waals surface area contributed by atoms with E-state index in [1.807, 2.05) is 0 Å². The van der Waals surface area contributed by atoms with E-state index in [-0.39, 0.29) is 0 Å². The van der Waals surface area contributed by atoms with Gasteiger partial charge in [0, 0.05) is 19.5 Å². The monoisotopic (exact) mass is 275 g/mol. The SMILES string of the molecule is C=CCNC(=S)C(C#N)=C1NN=C2CCCCCN21. The lowest BCUT2D eigenvalue weighted by molar-refractivity contribution is 0.495. The Balaban J connectivity index is 2.22. The third-order valence-electron chi connectivity index (χ3n) is 3.14. The number of nitrogens with zero attached hydrogens (tertiary/aromatic N) is 3. The fourth-order valence-corrected chi connectivity index (χ4v) is 2.41. The summed E-state index contributed by atoms with van der Waals surface area (Å²) in [5.74, 6) is 1.72. The highest BCUT2D eigenvalue weighted by Gasteiger charge is 2.27. The molecule has 2 N–H and O–H groups in total. The van der Waals surface area contributed by atoms with Crippen molar-refractivity contribution in [3.05, 3.63) is 24.0 Å². The molecule has 0 radical (unpaired) electrons. The fourth-order valence-electron chi connectivity index (χ4n) is 2.18. The van der Waals surface area contributed by atoms with Gasteiger partial charge in [0.05, 0.1) is 0 Å². The second-order valence-electron chi connectivity index (χ2n) is 4.44. The topological polar surface area (TPSA) is 63.5 Å². The number of rotatable bonds is 3. The summed E-state index contributed by atoms with van der Waals surface area (Å²) in [6.45, 7) is 5.06. The molecule has 0 spiro atoms. The fraction of sp³-hybridized carbons (Fsp3) is 0.462. The van der Waals surface area contributed by atoms with Crippen LogP contribution >= 0.6 is 12.2 Å². The lowest BCUT2D eigenvalue weighted by Gasteiger charge is -2.20. The zero-order valence-electron chi connectivity index (χ0n) is 10.8. The predicted molar refractivity (Wildman–Crippen MR) is 79.2 cm³/mol. The first-order chi connectivity index (χ1) is 9.27. The molecule has 0 unspecified atom stereocenters. The van der Waals surface area contributed by atoms with Gasteiger partial charge in [-0.3, -0.25) is 5.43 Å². The summed E-state index contributed by atoms with van der Waals surface area (Å²) >= 11 is 5.25. The summed E-state index contributed by atoms with van der Waals surface area (Å²) in [5, 5.41) is 16.6. The highest BCUT2D eigenvalue weighted by atomic mass is 32.1. The smallest absolute Gasteiger partial charge is 0.149 e. The Bertz CT molecular complexity index is 486. The number of fused-ring (bicyclic) bond motifs is 1. The first-order valence-corrected chi connectivity index (χ1v) is 6.82. The summed E-state index contributed by atoms with van der Waals surface area (Å²) in [5.41, 5.74) is 3.39. The van der Waals surface area contributed by atoms with E-state index in [0.717, 1.165) is 31.6 Å². The van der Waals surface area contributed by atoms with Gasteiger partial charge in [-0.25, -0.2) is 0 Å². The molecule has 2 aliphatic rings. The maximum Gasteiger partial charge on any atom is 0.149 e. The van der Waals surface area contributed by atoms with Crippen molar-refractivity contribution in [2.45, 2.75) is 25.7 Å². The van der Waals surface area contributed by atoms with Crippen molar-refractivity contribution in [2.24, 2.45) is 5.10 Å². The van der Waals surface area contributed by atoms with E-state index in [9.17, 15) is 5.26 Å². The van der Waals surface area contributed by atoms with Crippen molar-refractivity contribution in [3.8, 4) is 6.07 Å². The third kappa shape index (κ3) is 2.93. The maximum absolute atomic E-state index is 9.34. The molecule has 2 heterocycles. The Morgan fingerprint density at radius 3 is 3.16 bits per heavy atom. The lowest BCUT2D eigenvalue weighted by Crippen LogP contribution is -2.32. The van der Waals surface area contributed by atoms with E-state index >= 15 is 0 Å². The summed E-state index contributed by atoms with van der Waals surface area (Å²) < 4.78 is 0. The molecule has 0 saturated carbocycles. The molecule has 2 aliphatic heterocycles. The van der Waals surface area contributed by atoms with Crippen LogP contribution in [-0.4, -0.2) is 28.8 Å². The Kier molecular flexibility index (Phi) is 4.53. The van der Waals surface area contributed by atoms with Crippen LogP contribution in [-0.2, 0) is 0 Å². The summed E-state index contributed by atoms with van der Waals surface area (Å²) in [6.07, 6.45) is 6.11. The van der Waals surface area contributed by atoms with E-state index in [2.05, 4.69) is 33.4 Å². The molecule has 0 atom stereocenters. The third-order valence-corrected chi connectivity index (χ3v) is 3.49. The predicted octanol–water partition coefficient (Wildman–Crippen LogP) is 1.62. The van der Waals surface area contributed by atoms with Gasteiger partial charge in [-0.2, -0.15) is 10.4 Å². The molecule has 2 rings (SSSR count). The number of hydrazone groups is 1. The minimum Gasteiger partial charge on any atom is -0.372 e. The summed E-state index contributed by atoms with van der Waals surface area (Å²) in [6, 6.07) is 2.17. The molecule has 0 amide bonds. The van der Waals surface area contributed by atoms with Gasteiger partial charge in [-0.15, -0.1) is 6.58 Å². The molecule has 1 fully saturated rings. The van der Waals surface area contributed by atoms with Crippen molar-refractivity contribution in [1.82, 2.24) is 15.6 Å². The standard InChI is InChI=1S/C13H17N5S/c1-2-7-15-13(19)10(9-14)12-17-16-11-6-4-3-5-8-18(11)12/h2,17H,1,3-8H2,(H,15,19). The minimum absolute atomic E-state index is 0.436. The van der Waals surface area contributed by atoms with Gasteiger partial charge in [0.2, 0.25) is 0 Å².